The van der Waals surface area contributed by atoms with Crippen LogP contribution in [0.3, 0.4) is 0 Å². The van der Waals surface area contributed by atoms with Crippen LogP contribution in [-0.4, -0.2) is 11.9 Å². The summed E-state index contributed by atoms with van der Waals surface area (Å²) in [6.07, 6.45) is 0. The lowest BCUT2D eigenvalue weighted by Crippen LogP contribution is -2.41. The standard InChI is InChI=1S/C16H11Cl3N2O2/c1-16(9-6-7-10(17)12(19)8-9)14(22)21(15(23)20-16)13-5-3-2-4-11(13)18/h2-8H,1H3,(H,20,23). The summed E-state index contributed by atoms with van der Waals surface area (Å²) in [5.41, 5.74) is -0.370. The van der Waals surface area contributed by atoms with Crippen molar-refractivity contribution in [3.63, 3.8) is 0 Å². The van der Waals surface area contributed by atoms with Crippen molar-refractivity contribution in [2.24, 2.45) is 0 Å². The van der Waals surface area contributed by atoms with Crippen LogP contribution in [0.25, 0.3) is 0 Å². The zero-order valence-corrected chi connectivity index (χ0v) is 14.2. The van der Waals surface area contributed by atoms with Crippen LogP contribution in [0, 0.1) is 0 Å². The van der Waals surface area contributed by atoms with Crippen LogP contribution >= 0.6 is 34.8 Å². The molecular formula is C16H11Cl3N2O2. The number of para-hydroxylation sites is 1. The largest absolute Gasteiger partial charge is 0.330 e. The van der Waals surface area contributed by atoms with Gasteiger partial charge in [0.2, 0.25) is 0 Å². The molecule has 2 aromatic rings. The molecule has 1 unspecified atom stereocenters. The molecule has 3 rings (SSSR count). The lowest BCUT2D eigenvalue weighted by Gasteiger charge is -2.23. The first kappa shape index (κ1) is 16.1. The molecule has 4 nitrogen and oxygen atoms in total. The van der Waals surface area contributed by atoms with E-state index in [4.69, 9.17) is 34.8 Å². The van der Waals surface area contributed by atoms with Crippen LogP contribution in [0.1, 0.15) is 12.5 Å². The van der Waals surface area contributed by atoms with Gasteiger partial charge >= 0.3 is 6.03 Å². The van der Waals surface area contributed by atoms with Crippen LogP contribution in [0.2, 0.25) is 15.1 Å². The number of anilines is 1. The van der Waals surface area contributed by atoms with E-state index in [1.54, 1.807) is 49.4 Å². The Labute approximate surface area is 147 Å². The predicted octanol–water partition coefficient (Wildman–Crippen LogP) is 4.62. The highest BCUT2D eigenvalue weighted by Gasteiger charge is 2.50. The fourth-order valence-corrected chi connectivity index (χ4v) is 3.01. The average Bonchev–Trinajstić information content (AvgIpc) is 2.74. The quantitative estimate of drug-likeness (QED) is 0.785. The van der Waals surface area contributed by atoms with Gasteiger partial charge in [-0.15, -0.1) is 0 Å². The average molecular weight is 370 g/mol. The second-order valence-electron chi connectivity index (χ2n) is 5.28. The number of nitrogens with zero attached hydrogens (tertiary/aromatic N) is 1. The van der Waals surface area contributed by atoms with Crippen LogP contribution < -0.4 is 10.2 Å². The van der Waals surface area contributed by atoms with Crippen molar-refractivity contribution in [1.82, 2.24) is 5.32 Å². The highest BCUT2D eigenvalue weighted by Crippen LogP contribution is 2.36. The molecule has 1 heterocycles. The molecule has 0 saturated carbocycles. The molecule has 0 aromatic heterocycles. The third-order valence-electron chi connectivity index (χ3n) is 3.78. The smallest absolute Gasteiger partial charge is 0.319 e. The zero-order chi connectivity index (χ0) is 16.8. The van der Waals surface area contributed by atoms with Gasteiger partial charge in [-0.05, 0) is 36.8 Å². The van der Waals surface area contributed by atoms with Gasteiger partial charge in [0.05, 0.1) is 20.8 Å². The summed E-state index contributed by atoms with van der Waals surface area (Å²) >= 11 is 18.0. The van der Waals surface area contributed by atoms with Gasteiger partial charge in [0.15, 0.2) is 0 Å². The Hall–Kier alpha value is -1.75. The van der Waals surface area contributed by atoms with Gasteiger partial charge in [0.1, 0.15) is 5.54 Å². The van der Waals surface area contributed by atoms with Gasteiger partial charge in [-0.3, -0.25) is 4.79 Å². The highest BCUT2D eigenvalue weighted by molar-refractivity contribution is 6.42. The van der Waals surface area contributed by atoms with Crippen molar-refractivity contribution in [2.45, 2.75) is 12.5 Å². The number of nitrogens with one attached hydrogen (secondary N) is 1. The molecule has 1 saturated heterocycles. The predicted molar refractivity (Wildman–Crippen MR) is 91.3 cm³/mol. The van der Waals surface area contributed by atoms with E-state index >= 15 is 0 Å². The van der Waals surface area contributed by atoms with Gasteiger partial charge < -0.3 is 5.32 Å². The number of urea groups is 1. The Morgan fingerprint density at radius 2 is 1.65 bits per heavy atom. The minimum atomic E-state index is -1.25. The van der Waals surface area contributed by atoms with Crippen LogP contribution in [0.5, 0.6) is 0 Å². The number of carbonyl (C=O) groups excluding carboxylic acids is 2. The van der Waals surface area contributed by atoms with Crippen LogP contribution in [0.4, 0.5) is 10.5 Å². The fourth-order valence-electron chi connectivity index (χ4n) is 2.49. The molecule has 1 N–H and O–H groups in total. The van der Waals surface area contributed by atoms with Crippen molar-refractivity contribution in [1.29, 1.82) is 0 Å². The van der Waals surface area contributed by atoms with E-state index < -0.39 is 17.5 Å². The Morgan fingerprint density at radius 1 is 0.957 bits per heavy atom. The number of benzene rings is 2. The van der Waals surface area contributed by atoms with E-state index in [-0.39, 0.29) is 0 Å². The molecule has 0 bridgehead atoms. The normalized spacial score (nSPS) is 20.8. The summed E-state index contributed by atoms with van der Waals surface area (Å²) in [6, 6.07) is 10.9. The molecule has 1 fully saturated rings. The molecule has 1 aliphatic rings. The first-order valence-electron chi connectivity index (χ1n) is 6.71. The summed E-state index contributed by atoms with van der Waals surface area (Å²) in [6.45, 7) is 1.61. The molecule has 3 amide bonds. The third kappa shape index (κ3) is 2.57. The van der Waals surface area contributed by atoms with E-state index in [0.29, 0.717) is 26.3 Å². The lowest BCUT2D eigenvalue weighted by atomic mass is 9.92. The third-order valence-corrected chi connectivity index (χ3v) is 4.84. The maximum absolute atomic E-state index is 12.9. The Balaban J connectivity index is 2.07. The number of hydrogen-bond acceptors (Lipinski definition) is 2. The molecule has 118 valence electrons. The van der Waals surface area contributed by atoms with Crippen LogP contribution in [-0.2, 0) is 10.3 Å². The highest BCUT2D eigenvalue weighted by atomic mass is 35.5. The van der Waals surface area contributed by atoms with Crippen molar-refractivity contribution in [2.75, 3.05) is 4.90 Å². The number of rotatable bonds is 2. The van der Waals surface area contributed by atoms with E-state index in [1.165, 1.54) is 0 Å². The molecule has 1 aliphatic heterocycles. The SMILES string of the molecule is CC1(c2ccc(Cl)c(Cl)c2)NC(=O)N(c2ccccc2Cl)C1=O. The van der Waals surface area contributed by atoms with Crippen molar-refractivity contribution in [3.05, 3.63) is 63.1 Å². The summed E-state index contributed by atoms with van der Waals surface area (Å²) in [5.74, 6) is -0.436. The summed E-state index contributed by atoms with van der Waals surface area (Å²) in [5, 5.41) is 3.69. The summed E-state index contributed by atoms with van der Waals surface area (Å²) in [4.78, 5) is 26.3. The maximum Gasteiger partial charge on any atom is 0.330 e. The number of halogens is 3. The molecule has 0 spiro atoms. The zero-order valence-electron chi connectivity index (χ0n) is 11.9. The van der Waals surface area contributed by atoms with Crippen molar-refractivity contribution in [3.8, 4) is 0 Å². The molecule has 23 heavy (non-hydrogen) atoms. The Bertz CT molecular complexity index is 825. The van der Waals surface area contributed by atoms with Crippen molar-refractivity contribution < 1.29 is 9.59 Å². The first-order chi connectivity index (χ1) is 10.8. The van der Waals surface area contributed by atoms with Crippen molar-refractivity contribution >= 4 is 52.4 Å². The molecule has 7 heteroatoms. The van der Waals surface area contributed by atoms with Crippen LogP contribution in [0.15, 0.2) is 42.5 Å². The molecule has 0 radical (unpaired) electrons. The van der Waals surface area contributed by atoms with E-state index in [2.05, 4.69) is 5.32 Å². The minimum Gasteiger partial charge on any atom is -0.319 e. The van der Waals surface area contributed by atoms with Gasteiger partial charge in [-0.25, -0.2) is 9.69 Å². The van der Waals surface area contributed by atoms with Gasteiger partial charge in [0, 0.05) is 0 Å². The first-order valence-corrected chi connectivity index (χ1v) is 7.85. The number of imide groups is 1. The molecular weight excluding hydrogens is 359 g/mol. The van der Waals surface area contributed by atoms with E-state index in [9.17, 15) is 9.59 Å². The minimum absolute atomic E-state index is 0.309. The van der Waals surface area contributed by atoms with Gasteiger partial charge in [-0.2, -0.15) is 0 Å². The Kier molecular flexibility index (Phi) is 4.00. The number of amides is 3. The molecule has 0 aliphatic carbocycles. The Morgan fingerprint density at radius 3 is 2.30 bits per heavy atom. The molecule has 1 atom stereocenters. The molecule has 2 aromatic carbocycles. The topological polar surface area (TPSA) is 49.4 Å². The van der Waals surface area contributed by atoms with E-state index in [0.717, 1.165) is 4.90 Å². The second kappa shape index (κ2) is 5.71. The second-order valence-corrected chi connectivity index (χ2v) is 6.50. The summed E-state index contributed by atoms with van der Waals surface area (Å²) in [7, 11) is 0. The maximum atomic E-state index is 12.9. The number of hydrogen-bond donors (Lipinski definition) is 1. The summed E-state index contributed by atoms with van der Waals surface area (Å²) < 4.78 is 0. The van der Waals surface area contributed by atoms with E-state index in [1.807, 2.05) is 0 Å². The monoisotopic (exact) mass is 368 g/mol. The van der Waals surface area contributed by atoms with Gasteiger partial charge in [-0.1, -0.05) is 53.0 Å². The van der Waals surface area contributed by atoms with Gasteiger partial charge in [0.25, 0.3) is 5.91 Å². The lowest BCUT2D eigenvalue weighted by molar-refractivity contribution is -0.121. The fraction of sp³-hybridized carbons (Fsp3) is 0.125. The number of carbonyl (C=O) groups is 2.